The summed E-state index contributed by atoms with van der Waals surface area (Å²) in [5, 5.41) is 24.0. The molecule has 0 radical (unpaired) electrons. The standard InChI is InChI=1S/C24H24BrClN4O3/c1-32-22-11-18-21(12-23(22)33-9-8-30-6-4-17(31)5-7-30)28-14-15(13-27)24(18)29-20-3-2-16(26)10-19(20)25/h2-3,10-12,14,17,31H,4-9H2,1H3,(H,28,29). The van der Waals surface area contributed by atoms with E-state index in [0.717, 1.165) is 48.0 Å². The van der Waals surface area contributed by atoms with Gasteiger partial charge in [-0.1, -0.05) is 11.6 Å². The Labute approximate surface area is 206 Å². The van der Waals surface area contributed by atoms with Crippen LogP contribution in [-0.2, 0) is 0 Å². The van der Waals surface area contributed by atoms with E-state index in [9.17, 15) is 10.4 Å². The molecular formula is C24H24BrClN4O3. The number of methoxy groups -OCH3 is 1. The minimum atomic E-state index is -0.191. The van der Waals surface area contributed by atoms with Crippen molar-refractivity contribution in [3.05, 3.63) is 51.6 Å². The number of piperidine rings is 1. The van der Waals surface area contributed by atoms with E-state index in [2.05, 4.69) is 37.2 Å². The average molecular weight is 532 g/mol. The normalized spacial score (nSPS) is 14.8. The number of nitriles is 1. The van der Waals surface area contributed by atoms with Crippen LogP contribution in [0.5, 0.6) is 11.5 Å². The van der Waals surface area contributed by atoms with Gasteiger partial charge in [0.1, 0.15) is 12.7 Å². The first-order chi connectivity index (χ1) is 16.0. The summed E-state index contributed by atoms with van der Waals surface area (Å²) in [7, 11) is 1.59. The molecule has 9 heteroatoms. The van der Waals surface area contributed by atoms with Crippen LogP contribution in [-0.4, -0.2) is 54.4 Å². The minimum absolute atomic E-state index is 0.191. The van der Waals surface area contributed by atoms with Crippen LogP contribution in [0.25, 0.3) is 10.9 Å². The van der Waals surface area contributed by atoms with Gasteiger partial charge in [-0.25, -0.2) is 0 Å². The Morgan fingerprint density at radius 2 is 2.06 bits per heavy atom. The fraction of sp³-hybridized carbons (Fsp3) is 0.333. The lowest BCUT2D eigenvalue weighted by Crippen LogP contribution is -2.38. The van der Waals surface area contributed by atoms with E-state index < -0.39 is 0 Å². The average Bonchev–Trinajstić information content (AvgIpc) is 2.81. The molecule has 2 aromatic carbocycles. The monoisotopic (exact) mass is 530 g/mol. The first-order valence-electron chi connectivity index (χ1n) is 10.6. The van der Waals surface area contributed by atoms with Gasteiger partial charge in [0, 0.05) is 46.8 Å². The van der Waals surface area contributed by atoms with Crippen molar-refractivity contribution in [2.75, 3.05) is 38.7 Å². The maximum Gasteiger partial charge on any atom is 0.163 e. The minimum Gasteiger partial charge on any atom is -0.493 e. The number of pyridine rings is 1. The third-order valence-electron chi connectivity index (χ3n) is 5.69. The Morgan fingerprint density at radius 1 is 1.27 bits per heavy atom. The third-order valence-corrected chi connectivity index (χ3v) is 6.58. The van der Waals surface area contributed by atoms with E-state index in [-0.39, 0.29) is 6.10 Å². The molecule has 1 aliphatic heterocycles. The molecule has 7 nitrogen and oxygen atoms in total. The molecule has 0 atom stereocenters. The number of aliphatic hydroxyl groups excluding tert-OH is 1. The molecule has 0 aliphatic carbocycles. The van der Waals surface area contributed by atoms with Gasteiger partial charge in [0.2, 0.25) is 0 Å². The van der Waals surface area contributed by atoms with Gasteiger partial charge in [-0.05, 0) is 53.0 Å². The molecule has 2 N–H and O–H groups in total. The Hall–Kier alpha value is -2.57. The lowest BCUT2D eigenvalue weighted by atomic mass is 10.1. The number of likely N-dealkylation sites (tertiary alicyclic amines) is 1. The van der Waals surface area contributed by atoms with Crippen LogP contribution in [0.3, 0.4) is 0 Å². The summed E-state index contributed by atoms with van der Waals surface area (Å²) in [6, 6.07) is 11.3. The van der Waals surface area contributed by atoms with Crippen molar-refractivity contribution in [3.8, 4) is 17.6 Å². The first kappa shape index (κ1) is 23.6. The summed E-state index contributed by atoms with van der Waals surface area (Å²) in [6.07, 6.45) is 2.95. The Morgan fingerprint density at radius 3 is 2.76 bits per heavy atom. The Bertz CT molecular complexity index is 1190. The molecule has 1 fully saturated rings. The van der Waals surface area contributed by atoms with Crippen LogP contribution in [0.15, 0.2) is 41.0 Å². The van der Waals surface area contributed by atoms with Gasteiger partial charge in [-0.2, -0.15) is 5.26 Å². The summed E-state index contributed by atoms with van der Waals surface area (Å²) >= 11 is 9.57. The topological polar surface area (TPSA) is 90.6 Å². The number of aromatic nitrogens is 1. The van der Waals surface area contributed by atoms with Crippen LogP contribution in [0.4, 0.5) is 11.4 Å². The third kappa shape index (κ3) is 5.50. The van der Waals surface area contributed by atoms with Crippen LogP contribution in [0.2, 0.25) is 5.02 Å². The van der Waals surface area contributed by atoms with E-state index in [1.54, 1.807) is 25.4 Å². The maximum atomic E-state index is 9.67. The number of fused-ring (bicyclic) bond motifs is 1. The second kappa shape index (κ2) is 10.6. The highest BCUT2D eigenvalue weighted by Gasteiger charge is 2.18. The van der Waals surface area contributed by atoms with Gasteiger partial charge in [-0.3, -0.25) is 9.88 Å². The zero-order valence-corrected chi connectivity index (χ0v) is 20.5. The Kier molecular flexibility index (Phi) is 7.56. The number of ether oxygens (including phenoxy) is 2. The van der Waals surface area contributed by atoms with Gasteiger partial charge in [0.25, 0.3) is 0 Å². The predicted molar refractivity (Wildman–Crippen MR) is 133 cm³/mol. The first-order valence-corrected chi connectivity index (χ1v) is 11.8. The van der Waals surface area contributed by atoms with Gasteiger partial charge in [-0.15, -0.1) is 0 Å². The van der Waals surface area contributed by atoms with Crippen molar-refractivity contribution in [1.82, 2.24) is 9.88 Å². The number of benzene rings is 2. The largest absolute Gasteiger partial charge is 0.493 e. The van der Waals surface area contributed by atoms with Crippen LogP contribution in [0, 0.1) is 11.3 Å². The van der Waals surface area contributed by atoms with Crippen LogP contribution >= 0.6 is 27.5 Å². The molecule has 0 unspecified atom stereocenters. The number of anilines is 2. The van der Waals surface area contributed by atoms with Gasteiger partial charge in [0.15, 0.2) is 11.5 Å². The molecule has 0 amide bonds. The summed E-state index contributed by atoms with van der Waals surface area (Å²) in [5.41, 5.74) is 2.49. The maximum absolute atomic E-state index is 9.67. The van der Waals surface area contributed by atoms with E-state index in [1.807, 2.05) is 18.2 Å². The van der Waals surface area contributed by atoms with Crippen LogP contribution < -0.4 is 14.8 Å². The number of hydrogen-bond donors (Lipinski definition) is 2. The van der Waals surface area contributed by atoms with Crippen molar-refractivity contribution in [3.63, 3.8) is 0 Å². The highest BCUT2D eigenvalue weighted by atomic mass is 79.9. The molecule has 0 bridgehead atoms. The summed E-state index contributed by atoms with van der Waals surface area (Å²) in [6.45, 7) is 3.00. The molecule has 1 aromatic heterocycles. The summed E-state index contributed by atoms with van der Waals surface area (Å²) in [4.78, 5) is 6.75. The number of hydrogen-bond acceptors (Lipinski definition) is 7. The zero-order valence-electron chi connectivity index (χ0n) is 18.1. The van der Waals surface area contributed by atoms with Crippen molar-refractivity contribution in [2.45, 2.75) is 18.9 Å². The smallest absolute Gasteiger partial charge is 0.163 e. The highest BCUT2D eigenvalue weighted by molar-refractivity contribution is 9.10. The fourth-order valence-electron chi connectivity index (χ4n) is 3.84. The molecule has 0 spiro atoms. The fourth-order valence-corrected chi connectivity index (χ4v) is 4.63. The van der Waals surface area contributed by atoms with Gasteiger partial charge < -0.3 is 19.9 Å². The van der Waals surface area contributed by atoms with Gasteiger partial charge in [0.05, 0.1) is 35.7 Å². The summed E-state index contributed by atoms with van der Waals surface area (Å²) < 4.78 is 12.4. The Balaban J connectivity index is 1.60. The van der Waals surface area contributed by atoms with Crippen molar-refractivity contribution in [1.29, 1.82) is 5.26 Å². The molecule has 4 rings (SSSR count). The molecule has 172 valence electrons. The van der Waals surface area contributed by atoms with Crippen LogP contribution in [0.1, 0.15) is 18.4 Å². The number of nitrogens with one attached hydrogen (secondary N) is 1. The van der Waals surface area contributed by atoms with Crippen molar-refractivity contribution in [2.24, 2.45) is 0 Å². The number of rotatable bonds is 7. The van der Waals surface area contributed by atoms with Crippen molar-refractivity contribution >= 4 is 49.8 Å². The second-order valence-electron chi connectivity index (χ2n) is 7.85. The lowest BCUT2D eigenvalue weighted by Gasteiger charge is -2.29. The van der Waals surface area contributed by atoms with E-state index in [0.29, 0.717) is 39.9 Å². The number of nitrogens with zero attached hydrogens (tertiary/aromatic N) is 3. The molecule has 1 saturated heterocycles. The number of halogens is 2. The molecule has 3 aromatic rings. The number of aliphatic hydroxyl groups is 1. The zero-order chi connectivity index (χ0) is 23.4. The molecule has 1 aliphatic rings. The van der Waals surface area contributed by atoms with Crippen molar-refractivity contribution < 1.29 is 14.6 Å². The quantitative estimate of drug-likeness (QED) is 0.438. The molecule has 0 saturated carbocycles. The van der Waals surface area contributed by atoms with E-state index in [1.165, 1.54) is 0 Å². The SMILES string of the molecule is COc1cc2c(Nc3ccc(Cl)cc3Br)c(C#N)cnc2cc1OCCN1CCC(O)CC1. The molecule has 33 heavy (non-hydrogen) atoms. The lowest BCUT2D eigenvalue weighted by molar-refractivity contribution is 0.0753. The van der Waals surface area contributed by atoms with E-state index in [4.69, 9.17) is 21.1 Å². The van der Waals surface area contributed by atoms with Gasteiger partial charge >= 0.3 is 0 Å². The summed E-state index contributed by atoms with van der Waals surface area (Å²) in [5.74, 6) is 1.16. The highest BCUT2D eigenvalue weighted by Crippen LogP contribution is 2.38. The predicted octanol–water partition coefficient (Wildman–Crippen LogP) is 5.11. The molecular weight excluding hydrogens is 508 g/mol. The second-order valence-corrected chi connectivity index (χ2v) is 9.14. The van der Waals surface area contributed by atoms with E-state index >= 15 is 0 Å². The molecule has 2 heterocycles.